The van der Waals surface area contributed by atoms with Gasteiger partial charge in [0.15, 0.2) is 12.4 Å². The van der Waals surface area contributed by atoms with Gasteiger partial charge in [0.1, 0.15) is 5.54 Å². The van der Waals surface area contributed by atoms with Gasteiger partial charge in [0.2, 0.25) is 5.91 Å². The minimum absolute atomic E-state index is 0.0183. The van der Waals surface area contributed by atoms with E-state index in [2.05, 4.69) is 32.6 Å². The number of hydrogen-bond donors (Lipinski definition) is 3. The molecule has 4 atom stereocenters. The number of nitrogens with zero attached hydrogens (tertiary/aromatic N) is 2. The maximum atomic E-state index is 13.3. The maximum Gasteiger partial charge on any atom is 0.303 e. The predicted octanol–water partition coefficient (Wildman–Crippen LogP) is 5.39. The molecule has 4 aromatic carbocycles. The molecule has 54 heavy (non-hydrogen) atoms. The number of para-hydroxylation sites is 1. The lowest BCUT2D eigenvalue weighted by molar-refractivity contribution is -0.253. The normalized spacial score (nSPS) is 21.7. The average Bonchev–Trinajstić information content (AvgIpc) is 3.52. The second-order valence-electron chi connectivity index (χ2n) is 14.4. The first-order valence-corrected chi connectivity index (χ1v) is 18.7. The van der Waals surface area contributed by atoms with Crippen LogP contribution >= 0.6 is 0 Å². The van der Waals surface area contributed by atoms with Crippen molar-refractivity contribution >= 4 is 23.5 Å². The number of aliphatic hydroxyl groups is 1. The lowest BCUT2D eigenvalue weighted by Crippen LogP contribution is -2.57. The number of hydrogen-bond acceptors (Lipinski definition) is 9. The van der Waals surface area contributed by atoms with Gasteiger partial charge in [-0.1, -0.05) is 84.9 Å². The van der Waals surface area contributed by atoms with Gasteiger partial charge in [-0.05, 0) is 65.8 Å². The highest BCUT2D eigenvalue weighted by molar-refractivity contribution is 5.93. The number of aliphatic hydroxyl groups excluding tert-OH is 1. The van der Waals surface area contributed by atoms with Crippen molar-refractivity contribution in [3.8, 4) is 11.1 Å². The van der Waals surface area contributed by atoms with E-state index in [0.29, 0.717) is 19.6 Å². The number of carbonyl (C=O) groups excluding carboxylic acids is 3. The minimum atomic E-state index is -0.862. The Kier molecular flexibility index (Phi) is 11.4. The summed E-state index contributed by atoms with van der Waals surface area (Å²) in [7, 11) is 0. The molecular weight excluding hydrogens is 684 g/mol. The molecular formula is C43H48N4O7. The zero-order chi connectivity index (χ0) is 37.7. The van der Waals surface area contributed by atoms with Crippen molar-refractivity contribution in [3.05, 3.63) is 125 Å². The van der Waals surface area contributed by atoms with E-state index in [1.165, 1.54) is 6.92 Å². The molecule has 3 aliphatic heterocycles. The van der Waals surface area contributed by atoms with Gasteiger partial charge in [-0.15, -0.1) is 0 Å². The summed E-state index contributed by atoms with van der Waals surface area (Å²) in [5, 5.41) is 15.6. The molecule has 0 unspecified atom stereocenters. The number of ether oxygens (including phenoxy) is 3. The first-order chi connectivity index (χ1) is 26.2. The Balaban J connectivity index is 1.03. The molecule has 0 bridgehead atoms. The van der Waals surface area contributed by atoms with Crippen LogP contribution in [0.5, 0.6) is 0 Å². The van der Waals surface area contributed by atoms with Gasteiger partial charge in [0.05, 0.1) is 25.5 Å². The molecule has 3 saturated heterocycles. The number of amides is 2. The summed E-state index contributed by atoms with van der Waals surface area (Å²) in [4.78, 5) is 41.5. The summed E-state index contributed by atoms with van der Waals surface area (Å²) in [6.07, 6.45) is 0.365. The average molecular weight is 733 g/mol. The Labute approximate surface area is 316 Å². The second kappa shape index (κ2) is 16.5. The second-order valence-corrected chi connectivity index (χ2v) is 14.4. The Morgan fingerprint density at radius 1 is 0.907 bits per heavy atom. The van der Waals surface area contributed by atoms with Gasteiger partial charge in [-0.25, -0.2) is 0 Å². The number of likely N-dealkylation sites (tertiary alicyclic amines) is 1. The van der Waals surface area contributed by atoms with Crippen LogP contribution < -0.4 is 15.5 Å². The monoisotopic (exact) mass is 732 g/mol. The fourth-order valence-electron chi connectivity index (χ4n) is 7.79. The van der Waals surface area contributed by atoms with E-state index in [0.717, 1.165) is 71.5 Å². The maximum absolute atomic E-state index is 13.3. The van der Waals surface area contributed by atoms with E-state index in [1.807, 2.05) is 91.0 Å². The molecule has 3 aliphatic rings. The highest BCUT2D eigenvalue weighted by Gasteiger charge is 2.50. The molecule has 0 radical (unpaired) electrons. The number of piperidine rings is 1. The molecule has 282 valence electrons. The number of anilines is 1. The molecule has 0 aromatic heterocycles. The van der Waals surface area contributed by atoms with Crippen LogP contribution in [-0.2, 0) is 41.7 Å². The van der Waals surface area contributed by atoms with Gasteiger partial charge in [0, 0.05) is 50.8 Å². The number of rotatable bonds is 11. The van der Waals surface area contributed by atoms with Crippen molar-refractivity contribution in [2.45, 2.75) is 76.4 Å². The first-order valence-electron chi connectivity index (χ1n) is 18.7. The Bertz CT molecular complexity index is 1910. The molecule has 3 fully saturated rings. The van der Waals surface area contributed by atoms with Gasteiger partial charge in [-0.3, -0.25) is 14.4 Å². The lowest BCUT2D eigenvalue weighted by Gasteiger charge is -2.45. The minimum Gasteiger partial charge on any atom is -0.453 e. The molecule has 0 aliphatic carbocycles. The van der Waals surface area contributed by atoms with Crippen molar-refractivity contribution in [1.29, 1.82) is 0 Å². The van der Waals surface area contributed by atoms with Crippen LogP contribution in [-0.4, -0.2) is 71.8 Å². The third kappa shape index (κ3) is 8.34. The highest BCUT2D eigenvalue weighted by Crippen LogP contribution is 2.40. The number of benzene rings is 4. The molecule has 7 rings (SSSR count). The summed E-state index contributed by atoms with van der Waals surface area (Å²) in [6, 6.07) is 34.2. The molecule has 0 saturated carbocycles. The Morgan fingerprint density at radius 2 is 1.63 bits per heavy atom. The van der Waals surface area contributed by atoms with Gasteiger partial charge in [-0.2, -0.15) is 0 Å². The highest BCUT2D eigenvalue weighted by atomic mass is 16.7. The molecule has 11 heteroatoms. The van der Waals surface area contributed by atoms with Gasteiger partial charge < -0.3 is 39.8 Å². The molecule has 11 nitrogen and oxygen atoms in total. The summed E-state index contributed by atoms with van der Waals surface area (Å²) in [5.74, 6) is -0.748. The SMILES string of the molecule is CC(=O)O[C@@H](C)C(=O)NCc1cccc(-c2ccc([C@H]3O[C@@H](CN4CCC5(CC4)C(=O)NCN5c4ccccc4)C[C@@H](c4ccc(CO)cc4)O3)cc2)c1. The van der Waals surface area contributed by atoms with E-state index < -0.39 is 23.9 Å². The standard InChI is InChI=1S/C43H48N4O7/c1-29(52-30(2)49)40(50)44-25-32-7-6-8-36(23-32)33-15-17-35(18-16-33)41-53-38(24-39(54-41)34-13-11-31(27-48)12-14-34)26-46-21-19-43(20-22-46)42(51)45-28-47(43)37-9-4-3-5-10-37/h3-18,23,29,38-39,41,48H,19-22,24-28H2,1-2H3,(H,44,50)(H,45,51)/t29-,38+,39-,41-/m0/s1. The number of esters is 1. The quantitative estimate of drug-likeness (QED) is 0.174. The van der Waals surface area contributed by atoms with E-state index in [1.54, 1.807) is 6.92 Å². The Hall–Kier alpha value is -5.07. The molecule has 1 spiro atoms. The van der Waals surface area contributed by atoms with Crippen LogP contribution in [0.4, 0.5) is 5.69 Å². The number of nitrogens with one attached hydrogen (secondary N) is 2. The van der Waals surface area contributed by atoms with Crippen molar-refractivity contribution in [1.82, 2.24) is 15.5 Å². The van der Waals surface area contributed by atoms with E-state index in [4.69, 9.17) is 14.2 Å². The van der Waals surface area contributed by atoms with Gasteiger partial charge >= 0.3 is 5.97 Å². The summed E-state index contributed by atoms with van der Waals surface area (Å²) in [6.45, 7) is 5.91. The van der Waals surface area contributed by atoms with Crippen LogP contribution in [0.3, 0.4) is 0 Å². The van der Waals surface area contributed by atoms with Crippen LogP contribution in [0.2, 0.25) is 0 Å². The molecule has 3 N–H and O–H groups in total. The van der Waals surface area contributed by atoms with Crippen molar-refractivity contribution < 1.29 is 33.7 Å². The largest absolute Gasteiger partial charge is 0.453 e. The molecule has 3 heterocycles. The summed E-state index contributed by atoms with van der Waals surface area (Å²) >= 11 is 0. The summed E-state index contributed by atoms with van der Waals surface area (Å²) in [5.41, 5.74) is 6.22. The fraction of sp³-hybridized carbons (Fsp3) is 0.372. The topological polar surface area (TPSA) is 130 Å². The van der Waals surface area contributed by atoms with Crippen LogP contribution in [0.1, 0.15) is 67.8 Å². The third-order valence-corrected chi connectivity index (χ3v) is 10.8. The smallest absolute Gasteiger partial charge is 0.303 e. The Morgan fingerprint density at radius 3 is 2.33 bits per heavy atom. The van der Waals surface area contributed by atoms with Crippen LogP contribution in [0.25, 0.3) is 11.1 Å². The van der Waals surface area contributed by atoms with Crippen LogP contribution in [0.15, 0.2) is 103 Å². The molecule has 4 aromatic rings. The molecule has 2 amide bonds. The zero-order valence-electron chi connectivity index (χ0n) is 30.8. The third-order valence-electron chi connectivity index (χ3n) is 10.8. The lowest BCUT2D eigenvalue weighted by atomic mass is 9.85. The van der Waals surface area contributed by atoms with E-state index in [9.17, 15) is 19.5 Å². The number of carbonyl (C=O) groups is 3. The zero-order valence-corrected chi connectivity index (χ0v) is 30.8. The fourth-order valence-corrected chi connectivity index (χ4v) is 7.79. The van der Waals surface area contributed by atoms with Crippen molar-refractivity contribution in [3.63, 3.8) is 0 Å². The van der Waals surface area contributed by atoms with E-state index in [-0.39, 0.29) is 30.6 Å². The van der Waals surface area contributed by atoms with Gasteiger partial charge in [0.25, 0.3) is 5.91 Å². The van der Waals surface area contributed by atoms with Crippen LogP contribution in [0, 0.1) is 0 Å². The summed E-state index contributed by atoms with van der Waals surface area (Å²) < 4.78 is 18.3. The first kappa shape index (κ1) is 37.3. The van der Waals surface area contributed by atoms with Crippen molar-refractivity contribution in [2.75, 3.05) is 31.2 Å². The van der Waals surface area contributed by atoms with E-state index >= 15 is 0 Å². The predicted molar refractivity (Wildman–Crippen MR) is 204 cm³/mol. The van der Waals surface area contributed by atoms with Crippen molar-refractivity contribution in [2.24, 2.45) is 0 Å².